The number of hydrogen-bond acceptors (Lipinski definition) is 4. The van der Waals surface area contributed by atoms with E-state index < -0.39 is 12.1 Å². The lowest BCUT2D eigenvalue weighted by Gasteiger charge is -2.11. The van der Waals surface area contributed by atoms with E-state index in [9.17, 15) is 18.0 Å². The molecule has 0 fully saturated rings. The Morgan fingerprint density at radius 2 is 2.04 bits per heavy atom. The predicted octanol–water partition coefficient (Wildman–Crippen LogP) is 3.45. The van der Waals surface area contributed by atoms with Gasteiger partial charge in [-0.3, -0.25) is 4.79 Å². The monoisotopic (exact) mass is 384 g/mol. The van der Waals surface area contributed by atoms with Crippen LogP contribution in [0.4, 0.5) is 13.2 Å². The number of nitrogens with one attached hydrogen (secondary N) is 1. The maximum Gasteiger partial charge on any atom is 0.573 e. The van der Waals surface area contributed by atoms with Gasteiger partial charge in [-0.05, 0) is 35.9 Å². The zero-order valence-electron chi connectivity index (χ0n) is 13.3. The molecule has 1 heterocycles. The summed E-state index contributed by atoms with van der Waals surface area (Å²) in [5.41, 5.74) is 2.19. The summed E-state index contributed by atoms with van der Waals surface area (Å²) in [5, 5.41) is 10.5. The van der Waals surface area contributed by atoms with E-state index in [-0.39, 0.29) is 17.5 Å². The summed E-state index contributed by atoms with van der Waals surface area (Å²) in [6, 6.07) is 8.48. The molecule has 0 atom stereocenters. The Labute approximate surface area is 150 Å². The molecule has 0 aliphatic carbocycles. The Morgan fingerprint density at radius 3 is 2.73 bits per heavy atom. The van der Waals surface area contributed by atoms with Gasteiger partial charge in [0.15, 0.2) is 0 Å². The fourth-order valence-electron chi connectivity index (χ4n) is 2.33. The fourth-order valence-corrected chi connectivity index (χ4v) is 2.57. The van der Waals surface area contributed by atoms with Crippen molar-refractivity contribution in [2.24, 2.45) is 7.05 Å². The molecule has 10 heteroatoms. The van der Waals surface area contributed by atoms with Gasteiger partial charge in [0.2, 0.25) is 0 Å². The van der Waals surface area contributed by atoms with Gasteiger partial charge in [-0.15, -0.1) is 18.3 Å². The van der Waals surface area contributed by atoms with Crippen molar-refractivity contribution in [1.29, 1.82) is 0 Å². The summed E-state index contributed by atoms with van der Waals surface area (Å²) in [7, 11) is 1.74. The van der Waals surface area contributed by atoms with Crippen molar-refractivity contribution < 1.29 is 22.7 Å². The van der Waals surface area contributed by atoms with E-state index in [1.165, 1.54) is 6.07 Å². The number of nitrogens with zero attached hydrogens (tertiary/aromatic N) is 3. The van der Waals surface area contributed by atoms with Crippen LogP contribution in [-0.2, 0) is 13.6 Å². The summed E-state index contributed by atoms with van der Waals surface area (Å²) in [6.45, 7) is 0.0441. The van der Waals surface area contributed by atoms with Gasteiger partial charge >= 0.3 is 6.36 Å². The number of benzene rings is 2. The third-order valence-corrected chi connectivity index (χ3v) is 3.92. The number of halogens is 4. The summed E-state index contributed by atoms with van der Waals surface area (Å²) >= 11 is 5.95. The standard InChI is InChI=1S/C16H12ClF3N4O2/c1-24-14-5-3-9(6-13(14)22-23-24)15(25)21-8-10-2-4-11(7-12(10)17)26-16(18,19)20/h2-7H,8H2,1H3,(H,21,25). The van der Waals surface area contributed by atoms with Crippen molar-refractivity contribution in [1.82, 2.24) is 20.3 Å². The topological polar surface area (TPSA) is 69.0 Å². The Hall–Kier alpha value is -2.81. The molecule has 2 aromatic carbocycles. The molecule has 3 rings (SSSR count). The average Bonchev–Trinajstić information content (AvgIpc) is 2.93. The number of aromatic nitrogens is 3. The number of carbonyl (C=O) groups excluding carboxylic acids is 1. The van der Waals surface area contributed by atoms with Crippen LogP contribution in [0.15, 0.2) is 36.4 Å². The van der Waals surface area contributed by atoms with E-state index in [2.05, 4.69) is 20.4 Å². The maximum atomic E-state index is 12.3. The number of carbonyl (C=O) groups is 1. The second-order valence-corrected chi connectivity index (χ2v) is 5.81. The summed E-state index contributed by atoms with van der Waals surface area (Å²) < 4.78 is 42.0. The zero-order chi connectivity index (χ0) is 18.9. The number of alkyl halides is 3. The van der Waals surface area contributed by atoms with Crippen molar-refractivity contribution in [2.45, 2.75) is 12.9 Å². The molecule has 1 N–H and O–H groups in total. The molecule has 0 spiro atoms. The first-order valence-electron chi connectivity index (χ1n) is 7.35. The molecule has 0 aliphatic heterocycles. The van der Waals surface area contributed by atoms with Crippen LogP contribution in [0, 0.1) is 0 Å². The fraction of sp³-hybridized carbons (Fsp3) is 0.188. The molecule has 0 saturated heterocycles. The highest BCUT2D eigenvalue weighted by Crippen LogP contribution is 2.27. The van der Waals surface area contributed by atoms with Crippen LogP contribution < -0.4 is 10.1 Å². The van der Waals surface area contributed by atoms with Crippen LogP contribution in [0.3, 0.4) is 0 Å². The van der Waals surface area contributed by atoms with E-state index in [0.29, 0.717) is 16.6 Å². The third kappa shape index (κ3) is 4.05. The molecule has 0 unspecified atom stereocenters. The Morgan fingerprint density at radius 1 is 1.27 bits per heavy atom. The number of hydrogen-bond donors (Lipinski definition) is 1. The van der Waals surface area contributed by atoms with Crippen LogP contribution in [0.1, 0.15) is 15.9 Å². The molecule has 0 saturated carbocycles. The average molecular weight is 385 g/mol. The minimum atomic E-state index is -4.79. The minimum Gasteiger partial charge on any atom is -0.406 e. The Kier molecular flexibility index (Phi) is 4.73. The van der Waals surface area contributed by atoms with Crippen LogP contribution in [0.2, 0.25) is 5.02 Å². The molecule has 26 heavy (non-hydrogen) atoms. The van der Waals surface area contributed by atoms with Gasteiger partial charge in [-0.2, -0.15) is 0 Å². The molecule has 1 aromatic heterocycles. The third-order valence-electron chi connectivity index (χ3n) is 3.57. The predicted molar refractivity (Wildman–Crippen MR) is 87.8 cm³/mol. The quantitative estimate of drug-likeness (QED) is 0.748. The summed E-state index contributed by atoms with van der Waals surface area (Å²) in [5.74, 6) is -0.796. The highest BCUT2D eigenvalue weighted by molar-refractivity contribution is 6.31. The lowest BCUT2D eigenvalue weighted by atomic mass is 10.1. The van der Waals surface area contributed by atoms with Crippen LogP contribution in [0.25, 0.3) is 11.0 Å². The lowest BCUT2D eigenvalue weighted by Crippen LogP contribution is -2.23. The van der Waals surface area contributed by atoms with Gasteiger partial charge in [0.05, 0.1) is 5.52 Å². The van der Waals surface area contributed by atoms with Gasteiger partial charge in [0.25, 0.3) is 5.91 Å². The molecular weight excluding hydrogens is 373 g/mol. The highest BCUT2D eigenvalue weighted by Gasteiger charge is 2.31. The van der Waals surface area contributed by atoms with E-state index in [0.717, 1.165) is 17.6 Å². The number of amides is 1. The first-order chi connectivity index (χ1) is 12.2. The molecule has 3 aromatic rings. The zero-order valence-corrected chi connectivity index (χ0v) is 14.1. The summed E-state index contributed by atoms with van der Waals surface area (Å²) in [6.07, 6.45) is -4.79. The molecule has 136 valence electrons. The van der Waals surface area contributed by atoms with E-state index in [1.54, 1.807) is 29.9 Å². The Balaban J connectivity index is 1.68. The van der Waals surface area contributed by atoms with Gasteiger partial charge in [0, 0.05) is 24.2 Å². The Bertz CT molecular complexity index is 972. The SMILES string of the molecule is Cn1nnc2cc(C(=O)NCc3ccc(OC(F)(F)F)cc3Cl)ccc21. The van der Waals surface area contributed by atoms with Crippen LogP contribution in [-0.4, -0.2) is 27.3 Å². The second-order valence-electron chi connectivity index (χ2n) is 5.40. The number of fused-ring (bicyclic) bond motifs is 1. The highest BCUT2D eigenvalue weighted by atomic mass is 35.5. The first-order valence-corrected chi connectivity index (χ1v) is 7.72. The van der Waals surface area contributed by atoms with Gasteiger partial charge in [-0.25, -0.2) is 4.68 Å². The smallest absolute Gasteiger partial charge is 0.406 e. The van der Waals surface area contributed by atoms with Gasteiger partial charge < -0.3 is 10.1 Å². The number of aryl methyl sites for hydroxylation is 1. The van der Waals surface area contributed by atoms with Crippen molar-refractivity contribution in [3.8, 4) is 5.75 Å². The van der Waals surface area contributed by atoms with Crippen molar-refractivity contribution in [2.75, 3.05) is 0 Å². The van der Waals surface area contributed by atoms with Gasteiger partial charge in [0.1, 0.15) is 11.3 Å². The number of ether oxygens (including phenoxy) is 1. The van der Waals surface area contributed by atoms with Crippen molar-refractivity contribution >= 4 is 28.5 Å². The van der Waals surface area contributed by atoms with Crippen LogP contribution >= 0.6 is 11.6 Å². The van der Waals surface area contributed by atoms with E-state index >= 15 is 0 Å². The maximum absolute atomic E-state index is 12.3. The summed E-state index contributed by atoms with van der Waals surface area (Å²) in [4.78, 5) is 12.3. The largest absolute Gasteiger partial charge is 0.573 e. The molecule has 0 bridgehead atoms. The van der Waals surface area contributed by atoms with Crippen molar-refractivity contribution in [3.63, 3.8) is 0 Å². The molecule has 0 aliphatic rings. The van der Waals surface area contributed by atoms with Gasteiger partial charge in [-0.1, -0.05) is 22.9 Å². The second kappa shape index (κ2) is 6.83. The molecule has 0 radical (unpaired) electrons. The van der Waals surface area contributed by atoms with E-state index in [1.807, 2.05) is 0 Å². The molecular formula is C16H12ClF3N4O2. The van der Waals surface area contributed by atoms with Crippen molar-refractivity contribution in [3.05, 3.63) is 52.5 Å². The lowest BCUT2D eigenvalue weighted by molar-refractivity contribution is -0.274. The minimum absolute atomic E-state index is 0.0441. The number of rotatable bonds is 4. The van der Waals surface area contributed by atoms with E-state index in [4.69, 9.17) is 11.6 Å². The first kappa shape index (κ1) is 18.0. The normalized spacial score (nSPS) is 11.6. The molecule has 6 nitrogen and oxygen atoms in total. The van der Waals surface area contributed by atoms with Crippen LogP contribution in [0.5, 0.6) is 5.75 Å². The molecule has 1 amide bonds.